The largest absolute Gasteiger partial charge is 0.481 e. The Morgan fingerprint density at radius 3 is 2.48 bits per heavy atom. The Kier molecular flexibility index (Phi) is 6.87. The van der Waals surface area contributed by atoms with Gasteiger partial charge in [-0.15, -0.1) is 0 Å². The summed E-state index contributed by atoms with van der Waals surface area (Å²) in [5, 5.41) is 8.78. The number of carboxylic acids is 1. The third-order valence-corrected chi connectivity index (χ3v) is 9.31. The molecule has 0 saturated heterocycles. The summed E-state index contributed by atoms with van der Waals surface area (Å²) in [7, 11) is -3.48. The number of nitrogens with zero attached hydrogens (tertiary/aromatic N) is 1. The van der Waals surface area contributed by atoms with E-state index in [0.717, 1.165) is 24.0 Å². The van der Waals surface area contributed by atoms with Crippen molar-refractivity contribution in [3.05, 3.63) is 40.6 Å². The number of hydrogen-bond donors (Lipinski definition) is 1. The molecule has 1 N–H and O–H groups in total. The molecule has 3 rings (SSSR count). The molecule has 1 aliphatic heterocycles. The van der Waals surface area contributed by atoms with Gasteiger partial charge in [0.1, 0.15) is 0 Å². The number of carbonyl (C=O) groups is 2. The molecule has 31 heavy (non-hydrogen) atoms. The van der Waals surface area contributed by atoms with Crippen LogP contribution in [0.5, 0.6) is 0 Å². The van der Waals surface area contributed by atoms with Gasteiger partial charge in [-0.1, -0.05) is 51.3 Å². The van der Waals surface area contributed by atoms with Crippen LogP contribution in [0.2, 0.25) is 5.02 Å². The normalized spacial score (nSPS) is 22.8. The standard InChI is InChI=1S/C23H30ClNO5S/c1-15(2)18-14-25(11-10-22(27)28)21(26)13-23(18,3)16-8-9-20(19(24)12-16)31(29,30)17-6-4-5-7-17/h8-9,12,14-15,17H,4-7,10-11,13H2,1-3H3,(H,27,28)/t23-/m0/s1. The zero-order valence-electron chi connectivity index (χ0n) is 18.2. The Balaban J connectivity index is 1.98. The average Bonchev–Trinajstić information content (AvgIpc) is 3.22. The summed E-state index contributed by atoms with van der Waals surface area (Å²) in [6, 6.07) is 5.03. The first kappa shape index (κ1) is 23.8. The van der Waals surface area contributed by atoms with Crippen LogP contribution < -0.4 is 0 Å². The number of halogens is 1. The zero-order valence-corrected chi connectivity index (χ0v) is 19.8. The highest BCUT2D eigenvalue weighted by Crippen LogP contribution is 2.44. The Labute approximate surface area is 189 Å². The molecule has 2 aliphatic rings. The molecule has 0 radical (unpaired) electrons. The lowest BCUT2D eigenvalue weighted by molar-refractivity contribution is -0.138. The number of carboxylic acid groups (broad SMARTS) is 1. The number of amides is 1. The highest BCUT2D eigenvalue weighted by Gasteiger charge is 2.41. The maximum atomic E-state index is 13.0. The number of benzene rings is 1. The summed E-state index contributed by atoms with van der Waals surface area (Å²) in [6.07, 6.45) is 4.97. The number of rotatable bonds is 7. The SMILES string of the molecule is CC(C)C1=CN(CCC(=O)O)C(=O)C[C@@]1(C)c1ccc(S(=O)(=O)C2CCCC2)c(Cl)c1. The molecule has 0 unspecified atom stereocenters. The van der Waals surface area contributed by atoms with Crippen LogP contribution in [0.25, 0.3) is 0 Å². The van der Waals surface area contributed by atoms with Crippen LogP contribution in [0.4, 0.5) is 0 Å². The monoisotopic (exact) mass is 467 g/mol. The van der Waals surface area contributed by atoms with Gasteiger partial charge in [-0.2, -0.15) is 0 Å². The molecule has 1 atom stereocenters. The topological polar surface area (TPSA) is 91.8 Å². The van der Waals surface area contributed by atoms with E-state index in [1.807, 2.05) is 20.8 Å². The first-order valence-electron chi connectivity index (χ1n) is 10.7. The number of aliphatic carboxylic acids is 1. The van der Waals surface area contributed by atoms with Crippen LogP contribution >= 0.6 is 11.6 Å². The number of hydrogen-bond acceptors (Lipinski definition) is 4. The van der Waals surface area contributed by atoms with Crippen molar-refractivity contribution < 1.29 is 23.1 Å². The molecule has 1 aliphatic carbocycles. The first-order chi connectivity index (χ1) is 14.5. The highest BCUT2D eigenvalue weighted by atomic mass is 35.5. The first-order valence-corrected chi connectivity index (χ1v) is 12.7. The molecular formula is C23H30ClNO5S. The van der Waals surface area contributed by atoms with Gasteiger partial charge >= 0.3 is 5.97 Å². The van der Waals surface area contributed by atoms with Crippen LogP contribution in [0.15, 0.2) is 34.9 Å². The van der Waals surface area contributed by atoms with Crippen molar-refractivity contribution in [3.63, 3.8) is 0 Å². The van der Waals surface area contributed by atoms with Crippen molar-refractivity contribution in [2.75, 3.05) is 6.54 Å². The fourth-order valence-electron chi connectivity index (χ4n) is 4.80. The fraction of sp³-hybridized carbons (Fsp3) is 0.565. The average molecular weight is 468 g/mol. The summed E-state index contributed by atoms with van der Waals surface area (Å²) >= 11 is 6.49. The fourth-order valence-corrected chi connectivity index (χ4v) is 7.21. The molecular weight excluding hydrogens is 438 g/mol. The molecule has 0 aromatic heterocycles. The molecule has 1 heterocycles. The van der Waals surface area contributed by atoms with Gasteiger partial charge < -0.3 is 10.0 Å². The summed E-state index contributed by atoms with van der Waals surface area (Å²) in [5.41, 5.74) is 1.12. The van der Waals surface area contributed by atoms with Crippen LogP contribution in [-0.2, 0) is 24.8 Å². The summed E-state index contributed by atoms with van der Waals surface area (Å²) < 4.78 is 26.0. The molecule has 1 saturated carbocycles. The van der Waals surface area contributed by atoms with E-state index >= 15 is 0 Å². The van der Waals surface area contributed by atoms with Gasteiger partial charge in [0.2, 0.25) is 5.91 Å². The summed E-state index contributed by atoms with van der Waals surface area (Å²) in [4.78, 5) is 25.4. The lowest BCUT2D eigenvalue weighted by Gasteiger charge is -2.41. The van der Waals surface area contributed by atoms with Gasteiger partial charge in [0.25, 0.3) is 0 Å². The van der Waals surface area contributed by atoms with Gasteiger partial charge in [0.15, 0.2) is 9.84 Å². The molecule has 1 aromatic rings. The molecule has 170 valence electrons. The van der Waals surface area contributed by atoms with E-state index in [4.69, 9.17) is 16.7 Å². The smallest absolute Gasteiger partial charge is 0.305 e. The predicted molar refractivity (Wildman–Crippen MR) is 120 cm³/mol. The van der Waals surface area contributed by atoms with Crippen LogP contribution in [0, 0.1) is 5.92 Å². The van der Waals surface area contributed by atoms with Crippen molar-refractivity contribution in [3.8, 4) is 0 Å². The number of sulfone groups is 1. The second-order valence-electron chi connectivity index (χ2n) is 9.08. The van der Waals surface area contributed by atoms with Crippen molar-refractivity contribution in [2.45, 2.75) is 74.9 Å². The van der Waals surface area contributed by atoms with Crippen molar-refractivity contribution in [1.82, 2.24) is 4.90 Å². The summed E-state index contributed by atoms with van der Waals surface area (Å²) in [5.74, 6) is -1.01. The molecule has 0 spiro atoms. The van der Waals surface area contributed by atoms with E-state index in [2.05, 4.69) is 0 Å². The van der Waals surface area contributed by atoms with E-state index in [0.29, 0.717) is 12.8 Å². The molecule has 6 nitrogen and oxygen atoms in total. The molecule has 1 amide bonds. The maximum Gasteiger partial charge on any atom is 0.305 e. The van der Waals surface area contributed by atoms with E-state index in [1.165, 1.54) is 4.90 Å². The number of carbonyl (C=O) groups excluding carboxylic acids is 1. The van der Waals surface area contributed by atoms with E-state index < -0.39 is 21.2 Å². The zero-order chi connectivity index (χ0) is 23.0. The minimum Gasteiger partial charge on any atom is -0.481 e. The van der Waals surface area contributed by atoms with Crippen LogP contribution in [0.1, 0.15) is 64.9 Å². The minimum absolute atomic E-state index is 0.103. The van der Waals surface area contributed by atoms with Crippen molar-refractivity contribution in [2.24, 2.45) is 5.92 Å². The number of allylic oxidation sites excluding steroid dienone is 1. The van der Waals surface area contributed by atoms with Crippen LogP contribution in [-0.4, -0.2) is 42.1 Å². The van der Waals surface area contributed by atoms with Crippen LogP contribution in [0.3, 0.4) is 0 Å². The van der Waals surface area contributed by atoms with E-state index in [1.54, 1.807) is 24.4 Å². The van der Waals surface area contributed by atoms with Crippen molar-refractivity contribution in [1.29, 1.82) is 0 Å². The Morgan fingerprint density at radius 1 is 1.29 bits per heavy atom. The third-order valence-electron chi connectivity index (χ3n) is 6.56. The quantitative estimate of drug-likeness (QED) is 0.634. The third kappa shape index (κ3) is 4.67. The van der Waals surface area contributed by atoms with Gasteiger partial charge in [0, 0.05) is 24.6 Å². The summed E-state index contributed by atoms with van der Waals surface area (Å²) in [6.45, 7) is 6.13. The molecule has 0 bridgehead atoms. The van der Waals surface area contributed by atoms with Gasteiger partial charge in [-0.3, -0.25) is 9.59 Å². The van der Waals surface area contributed by atoms with Gasteiger partial charge in [0.05, 0.1) is 21.6 Å². The molecule has 8 heteroatoms. The van der Waals surface area contributed by atoms with Gasteiger partial charge in [-0.25, -0.2) is 8.42 Å². The Morgan fingerprint density at radius 2 is 1.94 bits per heavy atom. The highest BCUT2D eigenvalue weighted by molar-refractivity contribution is 7.92. The maximum absolute atomic E-state index is 13.0. The Hall–Kier alpha value is -1.86. The predicted octanol–water partition coefficient (Wildman–Crippen LogP) is 4.56. The van der Waals surface area contributed by atoms with Gasteiger partial charge in [-0.05, 0) is 42.0 Å². The minimum atomic E-state index is -3.48. The van der Waals surface area contributed by atoms with E-state index in [9.17, 15) is 18.0 Å². The molecule has 1 fully saturated rings. The Bertz CT molecular complexity index is 1010. The van der Waals surface area contributed by atoms with Crippen molar-refractivity contribution >= 4 is 33.3 Å². The van der Waals surface area contributed by atoms with E-state index in [-0.39, 0.29) is 46.4 Å². The lowest BCUT2D eigenvalue weighted by atomic mass is 9.68. The lowest BCUT2D eigenvalue weighted by Crippen LogP contribution is -2.42. The molecule has 1 aromatic carbocycles. The second kappa shape index (κ2) is 8.94. The second-order valence-corrected chi connectivity index (χ2v) is 11.7.